The summed E-state index contributed by atoms with van der Waals surface area (Å²) in [6.07, 6.45) is 42.1. The number of unbranched alkanes of at least 4 members (excludes halogenated alkanes) is 30. The Morgan fingerprint density at radius 1 is 0.375 bits per heavy atom. The van der Waals surface area contributed by atoms with E-state index in [1.165, 1.54) is 167 Å². The molecule has 0 saturated heterocycles. The molecule has 0 aliphatic rings. The van der Waals surface area contributed by atoms with Gasteiger partial charge in [0.05, 0.1) is 25.0 Å². The highest BCUT2D eigenvalue weighted by Gasteiger charge is 2.39. The van der Waals surface area contributed by atoms with Crippen molar-refractivity contribution in [3.05, 3.63) is 0 Å². The van der Waals surface area contributed by atoms with Gasteiger partial charge in [0.15, 0.2) is 0 Å². The largest absolute Gasteiger partial charge is 0.481 e. The Balaban J connectivity index is 0. The molecule has 0 saturated carbocycles. The first-order valence-electron chi connectivity index (χ1n) is 21.1. The molecule has 4 N–H and O–H groups in total. The smallest absolute Gasteiger partial charge is 0.310 e. The first-order chi connectivity index (χ1) is 23.4. The molecule has 0 aromatic rings. The van der Waals surface area contributed by atoms with Crippen LogP contribution in [0.1, 0.15) is 239 Å². The van der Waals surface area contributed by atoms with E-state index >= 15 is 0 Å². The van der Waals surface area contributed by atoms with E-state index in [1.807, 2.05) is 0 Å². The van der Waals surface area contributed by atoms with Gasteiger partial charge in [0.2, 0.25) is 0 Å². The highest BCUT2D eigenvalue weighted by atomic mass is 16.4. The Morgan fingerprint density at radius 2 is 0.583 bits per heavy atom. The van der Waals surface area contributed by atoms with Gasteiger partial charge >= 0.3 is 11.9 Å². The summed E-state index contributed by atoms with van der Waals surface area (Å²) in [7, 11) is 0. The second-order valence-corrected chi connectivity index (χ2v) is 14.7. The van der Waals surface area contributed by atoms with Crippen LogP contribution >= 0.6 is 0 Å². The summed E-state index contributed by atoms with van der Waals surface area (Å²) >= 11 is 0. The van der Waals surface area contributed by atoms with Crippen LogP contribution in [-0.2, 0) is 9.59 Å². The maximum atomic E-state index is 12.3. The average Bonchev–Trinajstić information content (AvgIpc) is 3.07. The summed E-state index contributed by atoms with van der Waals surface area (Å²) in [6.45, 7) is 4.30. The Morgan fingerprint density at radius 3 is 0.750 bits per heavy atom. The minimum Gasteiger partial charge on any atom is -0.481 e. The van der Waals surface area contributed by atoms with Gasteiger partial charge in [-0.25, -0.2) is 0 Å². The predicted octanol–water partition coefficient (Wildman–Crippen LogP) is 12.8. The molecule has 6 heteroatoms. The number of aliphatic hydroxyl groups is 2. The van der Waals surface area contributed by atoms with Gasteiger partial charge < -0.3 is 20.4 Å². The van der Waals surface area contributed by atoms with Gasteiger partial charge in [-0.2, -0.15) is 0 Å². The van der Waals surface area contributed by atoms with Crippen molar-refractivity contribution in [1.82, 2.24) is 0 Å². The van der Waals surface area contributed by atoms with Crippen molar-refractivity contribution in [3.8, 4) is 0 Å². The normalized spacial score (nSPS) is 11.4. The summed E-state index contributed by atoms with van der Waals surface area (Å²) in [5.41, 5.74) is -1.09. The summed E-state index contributed by atoms with van der Waals surface area (Å²) in [4.78, 5) is 23.9. The van der Waals surface area contributed by atoms with Crippen LogP contribution in [0.5, 0.6) is 0 Å². The molecule has 0 amide bonds. The van der Waals surface area contributed by atoms with E-state index < -0.39 is 17.4 Å². The minimum atomic E-state index is -1.09. The quantitative estimate of drug-likeness (QED) is 0.0481. The average molecular weight is 685 g/mol. The molecule has 0 aliphatic carbocycles. The molecule has 0 atom stereocenters. The van der Waals surface area contributed by atoms with Crippen molar-refractivity contribution in [2.75, 3.05) is 13.2 Å². The zero-order valence-corrected chi connectivity index (χ0v) is 32.3. The summed E-state index contributed by atoms with van der Waals surface area (Å²) in [5.74, 6) is -1.87. The predicted molar refractivity (Wildman–Crippen MR) is 205 cm³/mol. The number of rotatable bonds is 38. The number of carboxylic acids is 2. The number of hydrogen-bond acceptors (Lipinski definition) is 4. The topological polar surface area (TPSA) is 115 Å². The summed E-state index contributed by atoms with van der Waals surface area (Å²) in [5, 5.41) is 34.8. The second kappa shape index (κ2) is 40.3. The number of carboxylic acid groups (broad SMARTS) is 2. The van der Waals surface area contributed by atoms with Gasteiger partial charge in [0, 0.05) is 0 Å². The van der Waals surface area contributed by atoms with Crippen molar-refractivity contribution >= 4 is 11.9 Å². The van der Waals surface area contributed by atoms with Crippen LogP contribution < -0.4 is 0 Å². The number of carbonyl (C=O) groups is 2. The lowest BCUT2D eigenvalue weighted by Crippen LogP contribution is -2.33. The zero-order valence-electron chi connectivity index (χ0n) is 32.3. The zero-order chi connectivity index (χ0) is 35.8. The van der Waals surface area contributed by atoms with E-state index in [0.717, 1.165) is 38.5 Å². The Kier molecular flexibility index (Phi) is 41.1. The van der Waals surface area contributed by atoms with Crippen LogP contribution in [0.2, 0.25) is 0 Å². The molecule has 0 spiro atoms. The molecule has 0 bridgehead atoms. The third kappa shape index (κ3) is 36.1. The lowest BCUT2D eigenvalue weighted by atomic mass is 9.75. The standard InChI is InChI=1S/C40H78O4.C2H6O2/c1-3-5-7-9-11-13-15-17-19-21-23-25-27-29-31-33-35-40(39(43)44,37-38(41)42)36-34-32-30-28-26-24-22-20-18-16-14-12-10-8-6-4-2;3-1-2-4/h3-37H2,1-2H3,(H,41,42)(H,43,44);3-4H,1-2H2. The second-order valence-electron chi connectivity index (χ2n) is 14.7. The van der Waals surface area contributed by atoms with Gasteiger partial charge in [-0.15, -0.1) is 0 Å². The fourth-order valence-electron chi connectivity index (χ4n) is 6.90. The fraction of sp³-hybridized carbons (Fsp3) is 0.952. The molecule has 0 radical (unpaired) electrons. The molecular weight excluding hydrogens is 600 g/mol. The van der Waals surface area contributed by atoms with Gasteiger partial charge in [0.25, 0.3) is 0 Å². The Labute approximate surface area is 298 Å². The van der Waals surface area contributed by atoms with Gasteiger partial charge in [-0.3, -0.25) is 9.59 Å². The van der Waals surface area contributed by atoms with E-state index in [9.17, 15) is 19.8 Å². The van der Waals surface area contributed by atoms with Crippen LogP contribution in [0.25, 0.3) is 0 Å². The van der Waals surface area contributed by atoms with Crippen LogP contribution in [-0.4, -0.2) is 45.6 Å². The molecule has 48 heavy (non-hydrogen) atoms. The maximum Gasteiger partial charge on any atom is 0.310 e. The van der Waals surface area contributed by atoms with Gasteiger partial charge in [-0.05, 0) is 12.8 Å². The van der Waals surface area contributed by atoms with Crippen LogP contribution in [0.15, 0.2) is 0 Å². The van der Waals surface area contributed by atoms with Crippen LogP contribution in [0.4, 0.5) is 0 Å². The summed E-state index contributed by atoms with van der Waals surface area (Å²) in [6, 6.07) is 0. The van der Waals surface area contributed by atoms with Gasteiger partial charge in [0.1, 0.15) is 0 Å². The molecule has 0 unspecified atom stereocenters. The molecule has 0 aliphatic heterocycles. The molecule has 6 nitrogen and oxygen atoms in total. The molecule has 0 aromatic heterocycles. The van der Waals surface area contributed by atoms with E-state index in [0.29, 0.717) is 12.8 Å². The Hall–Kier alpha value is -1.14. The number of hydrogen-bond donors (Lipinski definition) is 4. The van der Waals surface area contributed by atoms with E-state index in [2.05, 4.69) is 13.8 Å². The number of aliphatic carboxylic acids is 2. The highest BCUT2D eigenvalue weighted by molar-refractivity contribution is 5.81. The monoisotopic (exact) mass is 685 g/mol. The molecule has 0 heterocycles. The summed E-state index contributed by atoms with van der Waals surface area (Å²) < 4.78 is 0. The van der Waals surface area contributed by atoms with Crippen molar-refractivity contribution < 1.29 is 30.0 Å². The van der Waals surface area contributed by atoms with E-state index in [4.69, 9.17) is 10.2 Å². The lowest BCUT2D eigenvalue weighted by molar-refractivity contribution is -0.157. The fourth-order valence-corrected chi connectivity index (χ4v) is 6.90. The molecule has 288 valence electrons. The molecule has 0 fully saturated rings. The number of aliphatic hydroxyl groups excluding tert-OH is 2. The minimum absolute atomic E-state index is 0.125. The van der Waals surface area contributed by atoms with E-state index in [-0.39, 0.29) is 19.6 Å². The highest BCUT2D eigenvalue weighted by Crippen LogP contribution is 2.36. The SMILES string of the molecule is CCCCCCCCCCCCCCCCCCC(CCCCCCCCCCCCCCCCCC)(CC(=O)O)C(=O)O.OCCO. The van der Waals surface area contributed by atoms with Gasteiger partial charge in [-0.1, -0.05) is 219 Å². The third-order valence-electron chi connectivity index (χ3n) is 10.1. The Bertz CT molecular complexity index is 614. The van der Waals surface area contributed by atoms with Crippen LogP contribution in [0, 0.1) is 5.41 Å². The molecule has 0 aromatic carbocycles. The van der Waals surface area contributed by atoms with Crippen molar-refractivity contribution in [3.63, 3.8) is 0 Å². The van der Waals surface area contributed by atoms with Crippen molar-refractivity contribution in [2.24, 2.45) is 5.41 Å². The van der Waals surface area contributed by atoms with Crippen molar-refractivity contribution in [2.45, 2.75) is 239 Å². The third-order valence-corrected chi connectivity index (χ3v) is 10.1. The van der Waals surface area contributed by atoms with E-state index in [1.54, 1.807) is 0 Å². The van der Waals surface area contributed by atoms with Crippen LogP contribution in [0.3, 0.4) is 0 Å². The maximum absolute atomic E-state index is 12.3. The first-order valence-corrected chi connectivity index (χ1v) is 21.1. The van der Waals surface area contributed by atoms with Crippen molar-refractivity contribution in [1.29, 1.82) is 0 Å². The molecular formula is C42H84O6. The first kappa shape index (κ1) is 49.0. The lowest BCUT2D eigenvalue weighted by Gasteiger charge is -2.28. The molecule has 0 rings (SSSR count).